The van der Waals surface area contributed by atoms with Gasteiger partial charge >= 0.3 is 11.7 Å². The van der Waals surface area contributed by atoms with E-state index in [4.69, 9.17) is 4.74 Å². The molecule has 0 radical (unpaired) electrons. The molecule has 1 N–H and O–H groups in total. The van der Waals surface area contributed by atoms with Crippen molar-refractivity contribution < 1.29 is 14.3 Å². The third kappa shape index (κ3) is 3.13. The predicted molar refractivity (Wildman–Crippen MR) is 97.5 cm³/mol. The summed E-state index contributed by atoms with van der Waals surface area (Å²) in [5, 5.41) is 3.01. The Morgan fingerprint density at radius 2 is 1.78 bits per heavy atom. The van der Waals surface area contributed by atoms with E-state index in [1.54, 1.807) is 0 Å². The maximum Gasteiger partial charge on any atom is 0.332 e. The number of aromatic nitrogens is 3. The van der Waals surface area contributed by atoms with Crippen LogP contribution in [0.3, 0.4) is 0 Å². The first-order valence-electron chi connectivity index (χ1n) is 8.78. The molecule has 1 aliphatic rings. The first kappa shape index (κ1) is 18.8. The van der Waals surface area contributed by atoms with Crippen LogP contribution in [0, 0.1) is 0 Å². The number of ether oxygens (including phenoxy) is 1. The Kier molecular flexibility index (Phi) is 4.86. The van der Waals surface area contributed by atoms with Gasteiger partial charge in [0, 0.05) is 14.1 Å². The van der Waals surface area contributed by atoms with Crippen molar-refractivity contribution in [2.75, 3.05) is 7.11 Å². The molecule has 2 aromatic rings. The Morgan fingerprint density at radius 3 is 2.41 bits per heavy atom. The normalized spacial score (nSPS) is 16.1. The zero-order chi connectivity index (χ0) is 19.8. The van der Waals surface area contributed by atoms with Crippen molar-refractivity contribution in [2.45, 2.75) is 37.6 Å². The summed E-state index contributed by atoms with van der Waals surface area (Å²) in [5.74, 6) is -1.02. The molecule has 0 aromatic carbocycles. The fraction of sp³-hybridized carbons (Fsp3) is 0.500. The van der Waals surface area contributed by atoms with Gasteiger partial charge in [0.25, 0.3) is 11.5 Å². The minimum absolute atomic E-state index is 0.0274. The summed E-state index contributed by atoms with van der Waals surface area (Å²) < 4.78 is 7.10. The van der Waals surface area contributed by atoms with Crippen LogP contribution in [0.5, 0.6) is 0 Å². The molecule has 27 heavy (non-hydrogen) atoms. The molecule has 0 bridgehead atoms. The van der Waals surface area contributed by atoms with Crippen LogP contribution in [0.2, 0.25) is 0 Å². The zero-order valence-electron chi connectivity index (χ0n) is 15.6. The highest BCUT2D eigenvalue weighted by Crippen LogP contribution is 2.29. The summed E-state index contributed by atoms with van der Waals surface area (Å²) in [7, 11) is 4.16. The molecule has 0 aliphatic heterocycles. The molecule has 1 amide bonds. The minimum atomic E-state index is -1.07. The van der Waals surface area contributed by atoms with Gasteiger partial charge in [-0.15, -0.1) is 0 Å². The number of aryl methyl sites for hydroxylation is 1. The lowest BCUT2D eigenvalue weighted by molar-refractivity contribution is -0.149. The van der Waals surface area contributed by atoms with Crippen LogP contribution >= 0.6 is 0 Å². The lowest BCUT2D eigenvalue weighted by Crippen LogP contribution is -2.56. The van der Waals surface area contributed by atoms with E-state index >= 15 is 0 Å². The topological polar surface area (TPSA) is 112 Å². The van der Waals surface area contributed by atoms with Gasteiger partial charge in [0.1, 0.15) is 16.9 Å². The Bertz CT molecular complexity index is 1030. The highest BCUT2D eigenvalue weighted by Gasteiger charge is 2.42. The van der Waals surface area contributed by atoms with Crippen molar-refractivity contribution in [1.29, 1.82) is 0 Å². The number of esters is 1. The van der Waals surface area contributed by atoms with Crippen molar-refractivity contribution in [1.82, 2.24) is 19.4 Å². The molecule has 3 rings (SSSR count). The second-order valence-electron chi connectivity index (χ2n) is 6.86. The summed E-state index contributed by atoms with van der Waals surface area (Å²) in [6, 6.07) is 2.88. The second kappa shape index (κ2) is 6.98. The van der Waals surface area contributed by atoms with E-state index in [-0.39, 0.29) is 16.7 Å². The maximum atomic E-state index is 12.8. The van der Waals surface area contributed by atoms with E-state index in [2.05, 4.69) is 10.3 Å². The third-order valence-electron chi connectivity index (χ3n) is 5.17. The van der Waals surface area contributed by atoms with Crippen LogP contribution in [-0.4, -0.2) is 38.6 Å². The molecule has 1 saturated carbocycles. The van der Waals surface area contributed by atoms with E-state index in [1.165, 1.54) is 37.9 Å². The number of hydrogen-bond donors (Lipinski definition) is 1. The van der Waals surface area contributed by atoms with Gasteiger partial charge in [-0.25, -0.2) is 14.6 Å². The fourth-order valence-electron chi connectivity index (χ4n) is 3.59. The van der Waals surface area contributed by atoms with Gasteiger partial charge in [-0.1, -0.05) is 19.3 Å². The van der Waals surface area contributed by atoms with Gasteiger partial charge in [0.2, 0.25) is 0 Å². The summed E-state index contributed by atoms with van der Waals surface area (Å²) in [6.45, 7) is 0. The van der Waals surface area contributed by atoms with E-state index in [0.717, 1.165) is 23.8 Å². The Morgan fingerprint density at radius 1 is 1.11 bits per heavy atom. The highest BCUT2D eigenvalue weighted by molar-refractivity contribution is 5.98. The Balaban J connectivity index is 2.02. The third-order valence-corrected chi connectivity index (χ3v) is 5.17. The number of carbonyl (C=O) groups excluding carboxylic acids is 2. The quantitative estimate of drug-likeness (QED) is 0.770. The monoisotopic (exact) mass is 374 g/mol. The molecule has 1 fully saturated rings. The van der Waals surface area contributed by atoms with Crippen molar-refractivity contribution in [3.63, 3.8) is 0 Å². The Hall–Kier alpha value is -2.97. The first-order valence-corrected chi connectivity index (χ1v) is 8.78. The van der Waals surface area contributed by atoms with Crippen molar-refractivity contribution in [2.24, 2.45) is 14.1 Å². The summed E-state index contributed by atoms with van der Waals surface area (Å²) in [6.07, 6.45) is 3.61. The molecule has 0 atom stereocenters. The van der Waals surface area contributed by atoms with Crippen LogP contribution in [0.15, 0.2) is 21.7 Å². The van der Waals surface area contributed by atoms with Crippen LogP contribution in [0.25, 0.3) is 11.0 Å². The van der Waals surface area contributed by atoms with Crippen molar-refractivity contribution in [3.8, 4) is 0 Å². The molecule has 1 aliphatic carbocycles. The number of rotatable bonds is 3. The summed E-state index contributed by atoms with van der Waals surface area (Å²) in [5.41, 5.74) is -1.94. The predicted octanol–water partition coefficient (Wildman–Crippen LogP) is 0.238. The number of pyridine rings is 1. The first-order chi connectivity index (χ1) is 12.8. The van der Waals surface area contributed by atoms with Crippen LogP contribution in [-0.2, 0) is 23.6 Å². The number of amides is 1. The van der Waals surface area contributed by atoms with Gasteiger partial charge in [-0.05, 0) is 25.0 Å². The average molecular weight is 374 g/mol. The van der Waals surface area contributed by atoms with Crippen LogP contribution in [0.4, 0.5) is 0 Å². The van der Waals surface area contributed by atoms with Gasteiger partial charge in [0.05, 0.1) is 12.5 Å². The minimum Gasteiger partial charge on any atom is -0.467 e. The average Bonchev–Trinajstić information content (AvgIpc) is 2.70. The molecular formula is C18H22N4O5. The van der Waals surface area contributed by atoms with Crippen molar-refractivity contribution >= 4 is 22.9 Å². The zero-order valence-corrected chi connectivity index (χ0v) is 15.6. The molecule has 9 heteroatoms. The lowest BCUT2D eigenvalue weighted by atomic mass is 9.81. The van der Waals surface area contributed by atoms with E-state index in [1.807, 2.05) is 0 Å². The summed E-state index contributed by atoms with van der Waals surface area (Å²) in [4.78, 5) is 53.6. The van der Waals surface area contributed by atoms with Gasteiger partial charge in [-0.3, -0.25) is 18.7 Å². The Labute approximate surface area is 155 Å². The lowest BCUT2D eigenvalue weighted by Gasteiger charge is -2.35. The van der Waals surface area contributed by atoms with E-state index in [9.17, 15) is 19.2 Å². The molecule has 0 spiro atoms. The molecule has 2 heterocycles. The van der Waals surface area contributed by atoms with Gasteiger partial charge in [-0.2, -0.15) is 0 Å². The van der Waals surface area contributed by atoms with Gasteiger partial charge < -0.3 is 10.1 Å². The maximum absolute atomic E-state index is 12.8. The SMILES string of the molecule is COC(=O)C1(NC(=O)c2ccc3c(=O)n(C)c(=O)n(C)c3n2)CCCCC1. The van der Waals surface area contributed by atoms with E-state index in [0.29, 0.717) is 12.8 Å². The summed E-state index contributed by atoms with van der Waals surface area (Å²) >= 11 is 0. The molecule has 9 nitrogen and oxygen atoms in total. The molecule has 144 valence electrons. The molecular weight excluding hydrogens is 352 g/mol. The van der Waals surface area contributed by atoms with Gasteiger partial charge in [0.15, 0.2) is 0 Å². The highest BCUT2D eigenvalue weighted by atomic mass is 16.5. The number of fused-ring (bicyclic) bond motifs is 1. The molecule has 2 aromatic heterocycles. The van der Waals surface area contributed by atoms with Crippen LogP contribution in [0.1, 0.15) is 42.6 Å². The number of nitrogens with zero attached hydrogens (tertiary/aromatic N) is 3. The number of nitrogens with one attached hydrogen (secondary N) is 1. The second-order valence-corrected chi connectivity index (χ2v) is 6.86. The number of carbonyl (C=O) groups is 2. The van der Waals surface area contributed by atoms with Crippen LogP contribution < -0.4 is 16.6 Å². The van der Waals surface area contributed by atoms with E-state index < -0.39 is 28.7 Å². The van der Waals surface area contributed by atoms with Crippen molar-refractivity contribution in [3.05, 3.63) is 38.7 Å². The molecule has 0 unspecified atom stereocenters. The smallest absolute Gasteiger partial charge is 0.332 e. The standard InChI is InChI=1S/C18H22N4O5/c1-21-13-11(15(24)22(2)17(21)26)7-8-12(19-13)14(23)20-18(16(25)27-3)9-5-4-6-10-18/h7-8H,4-6,9-10H2,1-3H3,(H,20,23). The largest absolute Gasteiger partial charge is 0.467 e. The fourth-order valence-corrected chi connectivity index (χ4v) is 3.59. The number of hydrogen-bond acceptors (Lipinski definition) is 6. The molecule has 0 saturated heterocycles. The number of methoxy groups -OCH3 is 1.